The van der Waals surface area contributed by atoms with Crippen LogP contribution in [0.15, 0.2) is 18.2 Å². The Labute approximate surface area is 124 Å². The van der Waals surface area contributed by atoms with Crippen LogP contribution in [0.25, 0.3) is 0 Å². The normalized spacial score (nSPS) is 17.3. The van der Waals surface area contributed by atoms with E-state index in [0.717, 1.165) is 5.69 Å². The summed E-state index contributed by atoms with van der Waals surface area (Å²) in [5, 5.41) is 0. The quantitative estimate of drug-likeness (QED) is 0.801. The summed E-state index contributed by atoms with van der Waals surface area (Å²) in [5.74, 6) is -0.761. The number of anilines is 1. The van der Waals surface area contributed by atoms with E-state index in [2.05, 4.69) is 0 Å². The average Bonchev–Trinajstić information content (AvgIpc) is 2.47. The molecule has 0 spiro atoms. The summed E-state index contributed by atoms with van der Waals surface area (Å²) in [6.45, 7) is 2.87. The summed E-state index contributed by atoms with van der Waals surface area (Å²) < 4.78 is 24.8. The van der Waals surface area contributed by atoms with Gasteiger partial charge in [-0.2, -0.15) is 0 Å². The molecule has 1 atom stereocenters. The Kier molecular flexibility index (Phi) is 5.17. The third-order valence-corrected chi connectivity index (χ3v) is 3.77. The zero-order valence-electron chi connectivity index (χ0n) is 12.8. The molecule has 1 aromatic rings. The van der Waals surface area contributed by atoms with Crippen molar-refractivity contribution >= 4 is 11.7 Å². The van der Waals surface area contributed by atoms with E-state index in [9.17, 15) is 9.18 Å². The van der Waals surface area contributed by atoms with Crippen LogP contribution in [0.5, 0.6) is 0 Å². The number of hydrogen-bond acceptors (Lipinski definition) is 4. The highest BCUT2D eigenvalue weighted by Gasteiger charge is 2.27. The first-order valence-corrected chi connectivity index (χ1v) is 7.24. The van der Waals surface area contributed by atoms with E-state index in [1.165, 1.54) is 6.07 Å². The maximum Gasteiger partial charge on any atom is 0.309 e. The van der Waals surface area contributed by atoms with Gasteiger partial charge in [-0.15, -0.1) is 0 Å². The van der Waals surface area contributed by atoms with Gasteiger partial charge in [0, 0.05) is 33.0 Å². The summed E-state index contributed by atoms with van der Waals surface area (Å²) in [6.07, 6.45) is 0.728. The van der Waals surface area contributed by atoms with E-state index < -0.39 is 6.10 Å². The van der Waals surface area contributed by atoms with Crippen molar-refractivity contribution in [3.63, 3.8) is 0 Å². The molecule has 1 unspecified atom stereocenters. The molecule has 1 aliphatic heterocycles. The molecule has 0 N–H and O–H groups in total. The fraction of sp³-hybridized carbons (Fsp3) is 0.562. The molecular formula is C16H22FNO3. The average molecular weight is 295 g/mol. The van der Waals surface area contributed by atoms with Crippen molar-refractivity contribution in [2.24, 2.45) is 5.92 Å². The lowest BCUT2D eigenvalue weighted by molar-refractivity contribution is -0.156. The molecule has 1 heterocycles. The Bertz CT molecular complexity index is 498. The number of ether oxygens (including phenoxy) is 2. The predicted molar refractivity (Wildman–Crippen MR) is 78.8 cm³/mol. The van der Waals surface area contributed by atoms with Gasteiger partial charge >= 0.3 is 5.97 Å². The Morgan fingerprint density at radius 1 is 1.38 bits per heavy atom. The molecule has 0 radical (unpaired) electrons. The molecule has 1 aromatic carbocycles. The minimum absolute atomic E-state index is 0.143. The van der Waals surface area contributed by atoms with E-state index >= 15 is 0 Å². The van der Waals surface area contributed by atoms with Crippen LogP contribution >= 0.6 is 0 Å². The molecule has 116 valence electrons. The van der Waals surface area contributed by atoms with Gasteiger partial charge in [0.05, 0.1) is 11.5 Å². The van der Waals surface area contributed by atoms with Crippen LogP contribution in [-0.2, 0) is 14.3 Å². The van der Waals surface area contributed by atoms with Gasteiger partial charge < -0.3 is 14.4 Å². The first-order chi connectivity index (χ1) is 10.0. The molecule has 0 aromatic heterocycles. The molecule has 4 nitrogen and oxygen atoms in total. The Balaban J connectivity index is 2.12. The van der Waals surface area contributed by atoms with E-state index in [4.69, 9.17) is 9.47 Å². The Morgan fingerprint density at radius 3 is 2.67 bits per heavy atom. The first kappa shape index (κ1) is 15.8. The van der Waals surface area contributed by atoms with E-state index in [1.807, 2.05) is 25.1 Å². The highest BCUT2D eigenvalue weighted by Crippen LogP contribution is 2.31. The zero-order chi connectivity index (χ0) is 15.4. The number of nitrogens with zero attached hydrogens (tertiary/aromatic N) is 1. The topological polar surface area (TPSA) is 38.8 Å². The van der Waals surface area contributed by atoms with Crippen molar-refractivity contribution < 1.29 is 18.7 Å². The van der Waals surface area contributed by atoms with E-state index in [0.29, 0.717) is 31.6 Å². The number of carbonyl (C=O) groups excluding carboxylic acids is 1. The molecule has 0 amide bonds. The van der Waals surface area contributed by atoms with Crippen molar-refractivity contribution in [3.8, 4) is 0 Å². The summed E-state index contributed by atoms with van der Waals surface area (Å²) in [7, 11) is 3.68. The predicted octanol–water partition coefficient (Wildman–Crippen LogP) is 2.92. The lowest BCUT2D eigenvalue weighted by Gasteiger charge is -2.25. The van der Waals surface area contributed by atoms with Crippen LogP contribution in [-0.4, -0.2) is 33.3 Å². The molecule has 5 heteroatoms. The number of halogens is 1. The van der Waals surface area contributed by atoms with Crippen LogP contribution in [0.4, 0.5) is 10.1 Å². The van der Waals surface area contributed by atoms with Gasteiger partial charge in [0.25, 0.3) is 0 Å². The second-order valence-electron chi connectivity index (χ2n) is 5.53. The number of benzene rings is 1. The van der Waals surface area contributed by atoms with Crippen molar-refractivity contribution in [2.75, 3.05) is 32.2 Å². The van der Waals surface area contributed by atoms with Crippen molar-refractivity contribution in [1.82, 2.24) is 0 Å². The molecule has 0 saturated carbocycles. The van der Waals surface area contributed by atoms with Crippen LogP contribution in [0.2, 0.25) is 0 Å². The Hall–Kier alpha value is -1.62. The number of hydrogen-bond donors (Lipinski definition) is 0. The van der Waals surface area contributed by atoms with Gasteiger partial charge in [0.1, 0.15) is 11.9 Å². The lowest BCUT2D eigenvalue weighted by Crippen LogP contribution is -2.26. The highest BCUT2D eigenvalue weighted by atomic mass is 19.1. The lowest BCUT2D eigenvalue weighted by atomic mass is 10.0. The Morgan fingerprint density at radius 2 is 2.05 bits per heavy atom. The van der Waals surface area contributed by atoms with E-state index in [-0.39, 0.29) is 17.7 Å². The van der Waals surface area contributed by atoms with Gasteiger partial charge in [-0.25, -0.2) is 4.39 Å². The SMILES string of the molecule is CC(OC(=O)C1CCOCC1)c1c(F)cccc1N(C)C. The van der Waals surface area contributed by atoms with Crippen molar-refractivity contribution in [2.45, 2.75) is 25.9 Å². The number of esters is 1. The molecule has 0 aliphatic carbocycles. The molecule has 1 saturated heterocycles. The van der Waals surface area contributed by atoms with Gasteiger partial charge in [0.15, 0.2) is 0 Å². The fourth-order valence-electron chi connectivity index (χ4n) is 2.58. The van der Waals surface area contributed by atoms with Crippen molar-refractivity contribution in [1.29, 1.82) is 0 Å². The zero-order valence-corrected chi connectivity index (χ0v) is 12.8. The van der Waals surface area contributed by atoms with Crippen molar-refractivity contribution in [3.05, 3.63) is 29.6 Å². The summed E-state index contributed by atoms with van der Waals surface area (Å²) in [6, 6.07) is 4.86. The second kappa shape index (κ2) is 6.89. The standard InChI is InChI=1S/C16H22FNO3/c1-11(21-16(19)12-7-9-20-10-8-12)15-13(17)5-4-6-14(15)18(2)3/h4-6,11-12H,7-10H2,1-3H3. The van der Waals surface area contributed by atoms with Gasteiger partial charge in [-0.1, -0.05) is 6.07 Å². The molecule has 2 rings (SSSR count). The first-order valence-electron chi connectivity index (χ1n) is 7.24. The van der Waals surface area contributed by atoms with Gasteiger partial charge in [-0.3, -0.25) is 4.79 Å². The summed E-state index contributed by atoms with van der Waals surface area (Å²) in [5.41, 5.74) is 1.14. The second-order valence-corrected chi connectivity index (χ2v) is 5.53. The van der Waals surface area contributed by atoms with Crippen LogP contribution in [0.3, 0.4) is 0 Å². The highest BCUT2D eigenvalue weighted by molar-refractivity contribution is 5.73. The third-order valence-electron chi connectivity index (χ3n) is 3.77. The van der Waals surface area contributed by atoms with Crippen LogP contribution in [0.1, 0.15) is 31.4 Å². The number of carbonyl (C=O) groups is 1. The maximum absolute atomic E-state index is 14.1. The van der Waals surface area contributed by atoms with Crippen LogP contribution < -0.4 is 4.90 Å². The maximum atomic E-state index is 14.1. The monoisotopic (exact) mass is 295 g/mol. The number of rotatable bonds is 4. The summed E-state index contributed by atoms with van der Waals surface area (Å²) in [4.78, 5) is 14.0. The fourth-order valence-corrected chi connectivity index (χ4v) is 2.58. The molecule has 1 aliphatic rings. The van der Waals surface area contributed by atoms with Gasteiger partial charge in [-0.05, 0) is 31.9 Å². The molecule has 21 heavy (non-hydrogen) atoms. The van der Waals surface area contributed by atoms with E-state index in [1.54, 1.807) is 13.0 Å². The largest absolute Gasteiger partial charge is 0.457 e. The minimum atomic E-state index is -0.612. The minimum Gasteiger partial charge on any atom is -0.457 e. The molecule has 0 bridgehead atoms. The van der Waals surface area contributed by atoms with Crippen LogP contribution in [0, 0.1) is 11.7 Å². The molecule has 1 fully saturated rings. The third kappa shape index (κ3) is 3.73. The molecular weight excluding hydrogens is 273 g/mol. The smallest absolute Gasteiger partial charge is 0.309 e. The van der Waals surface area contributed by atoms with Gasteiger partial charge in [0.2, 0.25) is 0 Å². The summed E-state index contributed by atoms with van der Waals surface area (Å²) >= 11 is 0.